The van der Waals surface area contributed by atoms with E-state index >= 15 is 0 Å². The van der Waals surface area contributed by atoms with E-state index in [4.69, 9.17) is 11.6 Å². The van der Waals surface area contributed by atoms with Gasteiger partial charge in [-0.3, -0.25) is 4.79 Å². The lowest BCUT2D eigenvalue weighted by Crippen LogP contribution is -2.12. The Morgan fingerprint density at radius 2 is 1.88 bits per heavy atom. The van der Waals surface area contributed by atoms with Crippen molar-refractivity contribution in [2.24, 2.45) is 5.92 Å². The van der Waals surface area contributed by atoms with Crippen molar-refractivity contribution in [2.45, 2.75) is 38.5 Å². The molecule has 1 amide bonds. The van der Waals surface area contributed by atoms with Crippen LogP contribution in [0, 0.1) is 5.92 Å². The predicted molar refractivity (Wildman–Crippen MR) is 105 cm³/mol. The third-order valence-corrected chi connectivity index (χ3v) is 5.36. The standard InChI is InChI=1S/C21H22ClN3O/c22-17-8-11-20-24-19(14-25(20)13-17)16-6-9-18(10-7-16)23-21(26)12-5-15-3-1-2-4-15/h6-11,13-15H,1-5,12H2,(H,23,26). The van der Waals surface area contributed by atoms with Gasteiger partial charge in [0.05, 0.1) is 10.7 Å². The van der Waals surface area contributed by atoms with Gasteiger partial charge < -0.3 is 9.72 Å². The maximum Gasteiger partial charge on any atom is 0.224 e. The van der Waals surface area contributed by atoms with Crippen LogP contribution in [0.4, 0.5) is 5.69 Å². The molecule has 1 saturated carbocycles. The van der Waals surface area contributed by atoms with Crippen LogP contribution in [-0.2, 0) is 4.79 Å². The number of rotatable bonds is 5. The number of pyridine rings is 1. The second-order valence-electron chi connectivity index (χ2n) is 7.05. The Morgan fingerprint density at radius 3 is 2.65 bits per heavy atom. The van der Waals surface area contributed by atoms with Crippen LogP contribution in [0.5, 0.6) is 0 Å². The Bertz CT molecular complexity index is 911. The van der Waals surface area contributed by atoms with Gasteiger partial charge in [0.15, 0.2) is 0 Å². The minimum absolute atomic E-state index is 0.104. The van der Waals surface area contributed by atoms with E-state index in [2.05, 4.69) is 10.3 Å². The minimum Gasteiger partial charge on any atom is -0.326 e. The minimum atomic E-state index is 0.104. The average molecular weight is 368 g/mol. The number of halogens is 1. The van der Waals surface area contributed by atoms with Crippen LogP contribution in [0.1, 0.15) is 38.5 Å². The lowest BCUT2D eigenvalue weighted by atomic mass is 10.0. The SMILES string of the molecule is O=C(CCC1CCCC1)Nc1ccc(-c2cn3cc(Cl)ccc3n2)cc1. The van der Waals surface area contributed by atoms with Gasteiger partial charge in [0, 0.05) is 30.1 Å². The summed E-state index contributed by atoms with van der Waals surface area (Å²) in [4.78, 5) is 16.7. The summed E-state index contributed by atoms with van der Waals surface area (Å²) >= 11 is 6.02. The van der Waals surface area contributed by atoms with Gasteiger partial charge >= 0.3 is 0 Å². The Kier molecular flexibility index (Phi) is 4.93. The monoisotopic (exact) mass is 367 g/mol. The highest BCUT2D eigenvalue weighted by Gasteiger charge is 2.16. The molecule has 26 heavy (non-hydrogen) atoms. The molecule has 2 aromatic heterocycles. The quantitative estimate of drug-likeness (QED) is 0.641. The van der Waals surface area contributed by atoms with Crippen LogP contribution in [-0.4, -0.2) is 15.3 Å². The zero-order valence-electron chi connectivity index (χ0n) is 14.6. The van der Waals surface area contributed by atoms with E-state index in [1.807, 2.05) is 53.2 Å². The van der Waals surface area contributed by atoms with Gasteiger partial charge in [-0.1, -0.05) is 49.4 Å². The summed E-state index contributed by atoms with van der Waals surface area (Å²) in [5.41, 5.74) is 3.57. The fourth-order valence-corrected chi connectivity index (χ4v) is 3.85. The number of hydrogen-bond acceptors (Lipinski definition) is 2. The number of imidazole rings is 1. The highest BCUT2D eigenvalue weighted by molar-refractivity contribution is 6.30. The van der Waals surface area contributed by atoms with Crippen LogP contribution in [0.25, 0.3) is 16.9 Å². The molecule has 0 aliphatic heterocycles. The molecule has 4 rings (SSSR count). The van der Waals surface area contributed by atoms with E-state index in [1.54, 1.807) is 0 Å². The number of nitrogens with zero attached hydrogens (tertiary/aromatic N) is 2. The maximum atomic E-state index is 12.1. The molecule has 134 valence electrons. The molecule has 2 heterocycles. The molecule has 3 aromatic rings. The number of amides is 1. The van der Waals surface area contributed by atoms with Gasteiger partial charge in [0.25, 0.3) is 0 Å². The van der Waals surface area contributed by atoms with Crippen LogP contribution in [0.15, 0.2) is 48.8 Å². The van der Waals surface area contributed by atoms with Gasteiger partial charge in [0.1, 0.15) is 5.65 Å². The predicted octanol–water partition coefficient (Wildman–Crippen LogP) is 5.56. The summed E-state index contributed by atoms with van der Waals surface area (Å²) in [7, 11) is 0. The molecule has 1 N–H and O–H groups in total. The number of fused-ring (bicyclic) bond motifs is 1. The topological polar surface area (TPSA) is 46.4 Å². The molecular formula is C21H22ClN3O. The highest BCUT2D eigenvalue weighted by atomic mass is 35.5. The Hall–Kier alpha value is -2.33. The fraction of sp³-hybridized carbons (Fsp3) is 0.333. The van der Waals surface area contributed by atoms with Crippen LogP contribution in [0.2, 0.25) is 5.02 Å². The smallest absolute Gasteiger partial charge is 0.224 e. The Morgan fingerprint density at radius 1 is 1.12 bits per heavy atom. The number of hydrogen-bond donors (Lipinski definition) is 1. The molecule has 0 unspecified atom stereocenters. The third kappa shape index (κ3) is 3.91. The molecular weight excluding hydrogens is 346 g/mol. The van der Waals surface area contributed by atoms with Crippen LogP contribution in [0.3, 0.4) is 0 Å². The summed E-state index contributed by atoms with van der Waals surface area (Å²) in [6.07, 6.45) is 10.6. The van der Waals surface area contributed by atoms with Gasteiger partial charge in [-0.25, -0.2) is 4.98 Å². The third-order valence-electron chi connectivity index (χ3n) is 5.13. The first-order valence-electron chi connectivity index (χ1n) is 9.22. The molecule has 0 spiro atoms. The number of benzene rings is 1. The molecule has 0 radical (unpaired) electrons. The highest BCUT2D eigenvalue weighted by Crippen LogP contribution is 2.28. The molecule has 1 aliphatic rings. The number of aromatic nitrogens is 2. The first-order valence-corrected chi connectivity index (χ1v) is 9.60. The summed E-state index contributed by atoms with van der Waals surface area (Å²) in [6.45, 7) is 0. The van der Waals surface area contributed by atoms with E-state index in [1.165, 1.54) is 25.7 Å². The summed E-state index contributed by atoms with van der Waals surface area (Å²) < 4.78 is 1.91. The molecule has 0 atom stereocenters. The van der Waals surface area contributed by atoms with E-state index in [0.29, 0.717) is 11.4 Å². The molecule has 5 heteroatoms. The van der Waals surface area contributed by atoms with Crippen molar-refractivity contribution in [3.63, 3.8) is 0 Å². The number of carbonyl (C=O) groups is 1. The summed E-state index contributed by atoms with van der Waals surface area (Å²) in [6, 6.07) is 11.5. The van der Waals surface area contributed by atoms with Crippen LogP contribution >= 0.6 is 11.6 Å². The van der Waals surface area contributed by atoms with Crippen molar-refractivity contribution in [3.05, 3.63) is 53.8 Å². The second kappa shape index (κ2) is 7.50. The van der Waals surface area contributed by atoms with E-state index in [0.717, 1.165) is 34.9 Å². The normalized spacial score (nSPS) is 14.8. The van der Waals surface area contributed by atoms with Crippen molar-refractivity contribution >= 4 is 28.8 Å². The van der Waals surface area contributed by atoms with Crippen molar-refractivity contribution in [2.75, 3.05) is 5.32 Å². The Balaban J connectivity index is 1.40. The number of nitrogens with one attached hydrogen (secondary N) is 1. The maximum absolute atomic E-state index is 12.1. The summed E-state index contributed by atoms with van der Waals surface area (Å²) in [5.74, 6) is 0.846. The van der Waals surface area contributed by atoms with Gasteiger partial charge in [0.2, 0.25) is 5.91 Å². The lowest BCUT2D eigenvalue weighted by molar-refractivity contribution is -0.116. The van der Waals surface area contributed by atoms with E-state index < -0.39 is 0 Å². The second-order valence-corrected chi connectivity index (χ2v) is 7.49. The largest absolute Gasteiger partial charge is 0.326 e. The average Bonchev–Trinajstić information content (AvgIpc) is 3.29. The summed E-state index contributed by atoms with van der Waals surface area (Å²) in [5, 5.41) is 3.67. The van der Waals surface area contributed by atoms with Crippen molar-refractivity contribution in [1.29, 1.82) is 0 Å². The van der Waals surface area contributed by atoms with E-state index in [-0.39, 0.29) is 5.91 Å². The molecule has 0 saturated heterocycles. The molecule has 1 aromatic carbocycles. The van der Waals surface area contributed by atoms with Crippen LogP contribution < -0.4 is 5.32 Å². The molecule has 1 aliphatic carbocycles. The van der Waals surface area contributed by atoms with E-state index in [9.17, 15) is 4.79 Å². The zero-order valence-corrected chi connectivity index (χ0v) is 15.4. The Labute approximate surface area is 158 Å². The number of carbonyl (C=O) groups excluding carboxylic acids is 1. The van der Waals surface area contributed by atoms with Gasteiger partial charge in [-0.2, -0.15) is 0 Å². The molecule has 4 nitrogen and oxygen atoms in total. The van der Waals surface area contributed by atoms with Crippen molar-refractivity contribution in [3.8, 4) is 11.3 Å². The van der Waals surface area contributed by atoms with Crippen molar-refractivity contribution in [1.82, 2.24) is 9.38 Å². The lowest BCUT2D eigenvalue weighted by Gasteiger charge is -2.09. The zero-order chi connectivity index (χ0) is 17.9. The first-order chi connectivity index (χ1) is 12.7. The number of anilines is 1. The molecule has 0 bridgehead atoms. The van der Waals surface area contributed by atoms with Crippen molar-refractivity contribution < 1.29 is 4.79 Å². The molecule has 1 fully saturated rings. The first kappa shape index (κ1) is 17.1. The van der Waals surface area contributed by atoms with Gasteiger partial charge in [-0.05, 0) is 36.6 Å². The fourth-order valence-electron chi connectivity index (χ4n) is 3.69. The van der Waals surface area contributed by atoms with Gasteiger partial charge in [-0.15, -0.1) is 0 Å².